The van der Waals surface area contributed by atoms with Crippen LogP contribution in [0.25, 0.3) is 0 Å². The number of Topliss-reactive ketones (excluding diaryl/α,β-unsaturated/α-hetero) is 1. The van der Waals surface area contributed by atoms with Gasteiger partial charge >= 0.3 is 5.97 Å². The fraction of sp³-hybridized carbons (Fsp3) is 0.667. The molecule has 134 valence electrons. The van der Waals surface area contributed by atoms with Crippen LogP contribution in [0, 0.1) is 5.92 Å². The molecule has 0 fully saturated rings. The minimum atomic E-state index is -0.276. The quantitative estimate of drug-likeness (QED) is 0.257. The molecule has 24 heavy (non-hydrogen) atoms. The summed E-state index contributed by atoms with van der Waals surface area (Å²) in [7, 11) is 0. The van der Waals surface area contributed by atoms with Crippen LogP contribution in [0.4, 0.5) is 0 Å². The number of ether oxygens (including phenoxy) is 1. The van der Waals surface area contributed by atoms with Gasteiger partial charge in [-0.3, -0.25) is 14.3 Å². The highest BCUT2D eigenvalue weighted by Gasteiger charge is 2.14. The van der Waals surface area contributed by atoms with Gasteiger partial charge in [0.15, 0.2) is 5.96 Å². The van der Waals surface area contributed by atoms with Gasteiger partial charge in [0.05, 0.1) is 19.3 Å². The third kappa shape index (κ3) is 7.70. The predicted octanol–water partition coefficient (Wildman–Crippen LogP) is 0.380. The molecule has 0 unspecified atom stereocenters. The van der Waals surface area contributed by atoms with E-state index in [0.717, 1.165) is 6.42 Å². The number of aromatic nitrogens is 3. The third-order valence-corrected chi connectivity index (χ3v) is 3.57. The number of nitrogens with two attached hydrogens (primary N) is 2. The van der Waals surface area contributed by atoms with E-state index in [1.165, 1.54) is 0 Å². The van der Waals surface area contributed by atoms with Crippen molar-refractivity contribution in [2.75, 3.05) is 6.61 Å². The van der Waals surface area contributed by atoms with Crippen LogP contribution in [0.1, 0.15) is 45.2 Å². The molecule has 0 radical (unpaired) electrons. The highest BCUT2D eigenvalue weighted by molar-refractivity contribution is 5.79. The molecule has 1 heterocycles. The van der Waals surface area contributed by atoms with Crippen molar-refractivity contribution < 1.29 is 14.3 Å². The average molecular weight is 338 g/mol. The van der Waals surface area contributed by atoms with E-state index in [1.807, 2.05) is 6.92 Å². The lowest BCUT2D eigenvalue weighted by Gasteiger charge is -2.10. The average Bonchev–Trinajstić information content (AvgIpc) is 2.97. The summed E-state index contributed by atoms with van der Waals surface area (Å²) in [5.41, 5.74) is 11.2. The Labute approximate surface area is 141 Å². The van der Waals surface area contributed by atoms with E-state index in [9.17, 15) is 9.59 Å². The van der Waals surface area contributed by atoms with Crippen molar-refractivity contribution in [3.63, 3.8) is 0 Å². The van der Waals surface area contributed by atoms with E-state index in [1.54, 1.807) is 17.8 Å². The van der Waals surface area contributed by atoms with Crippen molar-refractivity contribution in [2.24, 2.45) is 22.4 Å². The number of hydrogen-bond donors (Lipinski definition) is 2. The Balaban J connectivity index is 2.20. The van der Waals surface area contributed by atoms with E-state index < -0.39 is 0 Å². The first-order valence-electron chi connectivity index (χ1n) is 8.02. The first-order valence-corrected chi connectivity index (χ1v) is 8.02. The molecule has 0 spiro atoms. The molecule has 0 amide bonds. The zero-order valence-electron chi connectivity index (χ0n) is 14.3. The maximum Gasteiger partial charge on any atom is 0.305 e. The second kappa shape index (κ2) is 10.3. The van der Waals surface area contributed by atoms with Gasteiger partial charge in [-0.25, -0.2) is 4.99 Å². The molecule has 1 rings (SSSR count). The van der Waals surface area contributed by atoms with E-state index in [0.29, 0.717) is 31.7 Å². The number of nitrogens with zero attached hydrogens (tertiary/aromatic N) is 4. The highest BCUT2D eigenvalue weighted by atomic mass is 16.5. The molecular weight excluding hydrogens is 312 g/mol. The predicted molar refractivity (Wildman–Crippen MR) is 88.8 cm³/mol. The number of ketones is 1. The number of aryl methyl sites for hydroxylation is 1. The van der Waals surface area contributed by atoms with E-state index in [-0.39, 0.29) is 36.6 Å². The Morgan fingerprint density at radius 2 is 2.17 bits per heavy atom. The molecule has 0 aliphatic heterocycles. The molecule has 1 aromatic rings. The summed E-state index contributed by atoms with van der Waals surface area (Å²) < 4.78 is 6.80. The van der Waals surface area contributed by atoms with Crippen LogP contribution in [0.5, 0.6) is 0 Å². The number of esters is 1. The van der Waals surface area contributed by atoms with E-state index in [2.05, 4.69) is 15.3 Å². The molecule has 1 aromatic heterocycles. The number of rotatable bonds is 11. The van der Waals surface area contributed by atoms with Crippen LogP contribution in [0.3, 0.4) is 0 Å². The largest absolute Gasteiger partial charge is 0.466 e. The standard InChI is InChI=1S/C15H26N6O3/c1-3-12(11(2)22)5-6-14(23)24-8-4-7-21-10-13(19-20-21)9-18-15(16)17/h10,12H,3-9H2,1-2H3,(H4,16,17,18)/t12-/m0/s1. The van der Waals surface area contributed by atoms with Crippen LogP contribution < -0.4 is 11.5 Å². The highest BCUT2D eigenvalue weighted by Crippen LogP contribution is 2.12. The molecule has 1 atom stereocenters. The van der Waals surface area contributed by atoms with Gasteiger partial charge in [0, 0.05) is 25.3 Å². The molecular formula is C15H26N6O3. The smallest absolute Gasteiger partial charge is 0.305 e. The Morgan fingerprint density at radius 3 is 2.79 bits per heavy atom. The van der Waals surface area contributed by atoms with E-state index in [4.69, 9.17) is 16.2 Å². The normalized spacial score (nSPS) is 11.8. The fourth-order valence-corrected chi connectivity index (χ4v) is 2.16. The zero-order chi connectivity index (χ0) is 17.9. The van der Waals surface area contributed by atoms with Gasteiger partial charge in [0.1, 0.15) is 11.5 Å². The Morgan fingerprint density at radius 1 is 1.42 bits per heavy atom. The Kier molecular flexibility index (Phi) is 8.45. The lowest BCUT2D eigenvalue weighted by atomic mass is 9.96. The van der Waals surface area contributed by atoms with Crippen LogP contribution >= 0.6 is 0 Å². The van der Waals surface area contributed by atoms with Crippen LogP contribution in [0.2, 0.25) is 0 Å². The zero-order valence-corrected chi connectivity index (χ0v) is 14.3. The number of carbonyl (C=O) groups is 2. The van der Waals surface area contributed by atoms with Gasteiger partial charge in [-0.05, 0) is 19.8 Å². The van der Waals surface area contributed by atoms with Gasteiger partial charge < -0.3 is 16.2 Å². The van der Waals surface area contributed by atoms with Gasteiger partial charge in [0.25, 0.3) is 0 Å². The second-order valence-electron chi connectivity index (χ2n) is 5.54. The van der Waals surface area contributed by atoms with Gasteiger partial charge in [-0.15, -0.1) is 5.10 Å². The van der Waals surface area contributed by atoms with Gasteiger partial charge in [-0.1, -0.05) is 12.1 Å². The Bertz CT molecular complexity index is 565. The van der Waals surface area contributed by atoms with Crippen molar-refractivity contribution in [3.8, 4) is 0 Å². The summed E-state index contributed by atoms with van der Waals surface area (Å²) in [6.07, 6.45) is 3.93. The summed E-state index contributed by atoms with van der Waals surface area (Å²) in [5.74, 6) is -0.211. The molecule has 0 aliphatic rings. The van der Waals surface area contributed by atoms with Crippen molar-refractivity contribution in [1.82, 2.24) is 15.0 Å². The summed E-state index contributed by atoms with van der Waals surface area (Å²) in [4.78, 5) is 26.8. The molecule has 4 N–H and O–H groups in total. The first kappa shape index (κ1) is 19.6. The lowest BCUT2D eigenvalue weighted by Crippen LogP contribution is -2.22. The summed E-state index contributed by atoms with van der Waals surface area (Å²) in [5, 5.41) is 7.87. The maximum atomic E-state index is 11.6. The lowest BCUT2D eigenvalue weighted by molar-refractivity contribution is -0.144. The summed E-state index contributed by atoms with van der Waals surface area (Å²) in [6.45, 7) is 4.66. The Hall–Kier alpha value is -2.45. The molecule has 0 saturated heterocycles. The number of guanidine groups is 1. The summed E-state index contributed by atoms with van der Waals surface area (Å²) in [6, 6.07) is 0. The van der Waals surface area contributed by atoms with E-state index >= 15 is 0 Å². The number of hydrogen-bond acceptors (Lipinski definition) is 6. The molecule has 9 nitrogen and oxygen atoms in total. The molecule has 0 saturated carbocycles. The third-order valence-electron chi connectivity index (χ3n) is 3.57. The monoisotopic (exact) mass is 338 g/mol. The van der Waals surface area contributed by atoms with Crippen molar-refractivity contribution in [2.45, 2.75) is 52.6 Å². The fourth-order valence-electron chi connectivity index (χ4n) is 2.16. The molecule has 0 aliphatic carbocycles. The number of aliphatic imine (C=N–C) groups is 1. The minimum Gasteiger partial charge on any atom is -0.466 e. The van der Waals surface area contributed by atoms with Gasteiger partial charge in [0.2, 0.25) is 0 Å². The second-order valence-corrected chi connectivity index (χ2v) is 5.54. The van der Waals surface area contributed by atoms with Crippen LogP contribution in [-0.2, 0) is 27.4 Å². The van der Waals surface area contributed by atoms with Crippen LogP contribution in [-0.4, -0.2) is 39.3 Å². The van der Waals surface area contributed by atoms with Crippen molar-refractivity contribution >= 4 is 17.7 Å². The van der Waals surface area contributed by atoms with Crippen molar-refractivity contribution in [3.05, 3.63) is 11.9 Å². The minimum absolute atomic E-state index is 0.00606. The summed E-state index contributed by atoms with van der Waals surface area (Å²) >= 11 is 0. The maximum absolute atomic E-state index is 11.6. The SMILES string of the molecule is CC[C@@H](CCC(=O)OCCCn1cc(CN=C(N)N)nn1)C(C)=O. The molecule has 9 heteroatoms. The topological polar surface area (TPSA) is 138 Å². The molecule has 0 bridgehead atoms. The first-order chi connectivity index (χ1) is 11.4. The number of carbonyl (C=O) groups excluding carboxylic acids is 2. The van der Waals surface area contributed by atoms with Crippen LogP contribution in [0.15, 0.2) is 11.2 Å². The van der Waals surface area contributed by atoms with Gasteiger partial charge in [-0.2, -0.15) is 0 Å². The van der Waals surface area contributed by atoms with Crippen molar-refractivity contribution in [1.29, 1.82) is 0 Å². The molecule has 0 aromatic carbocycles.